The second-order valence-electron chi connectivity index (χ2n) is 6.00. The van der Waals surface area contributed by atoms with Gasteiger partial charge in [-0.2, -0.15) is 0 Å². The minimum Gasteiger partial charge on any atom is -0.378 e. The summed E-state index contributed by atoms with van der Waals surface area (Å²) in [5, 5.41) is 6.55. The molecule has 0 aromatic heterocycles. The van der Waals surface area contributed by atoms with Gasteiger partial charge in [-0.1, -0.05) is 29.3 Å². The van der Waals surface area contributed by atoms with Crippen molar-refractivity contribution in [2.75, 3.05) is 30.9 Å². The summed E-state index contributed by atoms with van der Waals surface area (Å²) in [5.41, 5.74) is 2.57. The highest BCUT2D eigenvalue weighted by Gasteiger charge is 2.10. The molecule has 0 saturated carbocycles. The predicted octanol–water partition coefficient (Wildman–Crippen LogP) is 3.75. The number of nitrogens with zero attached hydrogens (tertiary/aromatic N) is 1. The zero-order chi connectivity index (χ0) is 19.1. The molecule has 7 heteroatoms. The molecule has 0 heterocycles. The van der Waals surface area contributed by atoms with Crippen LogP contribution in [0.4, 0.5) is 11.4 Å². The summed E-state index contributed by atoms with van der Waals surface area (Å²) in [6.07, 6.45) is 0.332. The quantitative estimate of drug-likeness (QED) is 0.704. The van der Waals surface area contributed by atoms with E-state index in [9.17, 15) is 9.59 Å². The van der Waals surface area contributed by atoms with E-state index in [0.29, 0.717) is 28.7 Å². The topological polar surface area (TPSA) is 61.4 Å². The minimum atomic E-state index is -0.357. The minimum absolute atomic E-state index is 0.232. The van der Waals surface area contributed by atoms with E-state index in [1.807, 2.05) is 37.2 Å². The number of benzene rings is 2. The van der Waals surface area contributed by atoms with Crippen molar-refractivity contribution in [3.8, 4) is 0 Å². The Morgan fingerprint density at radius 2 is 1.69 bits per heavy atom. The molecular formula is C19H21Cl2N3O2. The van der Waals surface area contributed by atoms with Crippen LogP contribution >= 0.6 is 23.2 Å². The molecule has 0 atom stereocenters. The van der Waals surface area contributed by atoms with Gasteiger partial charge >= 0.3 is 0 Å². The SMILES string of the molecule is CN(C)c1ccc(NC(=O)CC(=O)NCCc2ccc(Cl)cc2Cl)cc1. The summed E-state index contributed by atoms with van der Waals surface area (Å²) < 4.78 is 0. The molecule has 0 radical (unpaired) electrons. The van der Waals surface area contributed by atoms with E-state index < -0.39 is 0 Å². The van der Waals surface area contributed by atoms with Crippen molar-refractivity contribution in [3.05, 3.63) is 58.1 Å². The Bertz CT molecular complexity index is 777. The Morgan fingerprint density at radius 1 is 1.00 bits per heavy atom. The van der Waals surface area contributed by atoms with Gasteiger partial charge in [0, 0.05) is 42.1 Å². The zero-order valence-electron chi connectivity index (χ0n) is 14.7. The van der Waals surface area contributed by atoms with Crippen molar-refractivity contribution < 1.29 is 9.59 Å². The maximum absolute atomic E-state index is 11.9. The number of carbonyl (C=O) groups is 2. The van der Waals surface area contributed by atoms with E-state index in [1.165, 1.54) is 0 Å². The summed E-state index contributed by atoms with van der Waals surface area (Å²) >= 11 is 11.9. The molecule has 2 aromatic carbocycles. The largest absolute Gasteiger partial charge is 0.378 e. The average molecular weight is 394 g/mol. The highest BCUT2D eigenvalue weighted by molar-refractivity contribution is 6.35. The lowest BCUT2D eigenvalue weighted by molar-refractivity contribution is -0.126. The Balaban J connectivity index is 1.75. The number of anilines is 2. The summed E-state index contributed by atoms with van der Waals surface area (Å²) in [4.78, 5) is 25.8. The molecule has 2 aromatic rings. The van der Waals surface area contributed by atoms with Crippen molar-refractivity contribution in [1.82, 2.24) is 5.32 Å². The van der Waals surface area contributed by atoms with E-state index in [2.05, 4.69) is 10.6 Å². The third kappa shape index (κ3) is 6.24. The lowest BCUT2D eigenvalue weighted by atomic mass is 10.1. The number of halogens is 2. The van der Waals surface area contributed by atoms with Crippen molar-refractivity contribution in [1.29, 1.82) is 0 Å². The van der Waals surface area contributed by atoms with E-state index >= 15 is 0 Å². The van der Waals surface area contributed by atoms with Crippen LogP contribution in [0.5, 0.6) is 0 Å². The van der Waals surface area contributed by atoms with Crippen LogP contribution in [0.25, 0.3) is 0 Å². The second kappa shape index (κ2) is 9.46. The molecule has 0 saturated heterocycles. The van der Waals surface area contributed by atoms with Crippen LogP contribution in [0.15, 0.2) is 42.5 Å². The molecule has 0 spiro atoms. The maximum Gasteiger partial charge on any atom is 0.233 e. The Labute approximate surface area is 163 Å². The first-order valence-electron chi connectivity index (χ1n) is 8.13. The molecule has 0 fully saturated rings. The van der Waals surface area contributed by atoms with Gasteiger partial charge in [0.1, 0.15) is 6.42 Å². The average Bonchev–Trinajstić information content (AvgIpc) is 2.57. The molecule has 0 unspecified atom stereocenters. The highest BCUT2D eigenvalue weighted by Crippen LogP contribution is 2.21. The Hall–Kier alpha value is -2.24. The third-order valence-corrected chi connectivity index (χ3v) is 4.31. The number of rotatable bonds is 7. The number of amides is 2. The first kappa shape index (κ1) is 20.1. The molecule has 0 bridgehead atoms. The summed E-state index contributed by atoms with van der Waals surface area (Å²) in [6, 6.07) is 12.6. The molecule has 2 amide bonds. The second-order valence-corrected chi connectivity index (χ2v) is 6.85. The molecule has 26 heavy (non-hydrogen) atoms. The fraction of sp³-hybridized carbons (Fsp3) is 0.263. The van der Waals surface area contributed by atoms with Crippen molar-refractivity contribution >= 4 is 46.4 Å². The fourth-order valence-electron chi connectivity index (χ4n) is 2.32. The summed E-state index contributed by atoms with van der Waals surface area (Å²) in [7, 11) is 3.88. The molecule has 5 nitrogen and oxygen atoms in total. The van der Waals surface area contributed by atoms with Gasteiger partial charge in [0.25, 0.3) is 0 Å². The van der Waals surface area contributed by atoms with Crippen LogP contribution in [0.3, 0.4) is 0 Å². The van der Waals surface area contributed by atoms with Crippen molar-refractivity contribution in [2.24, 2.45) is 0 Å². The molecule has 0 aliphatic rings. The first-order chi connectivity index (χ1) is 12.3. The van der Waals surface area contributed by atoms with Gasteiger partial charge < -0.3 is 15.5 Å². The van der Waals surface area contributed by atoms with E-state index in [4.69, 9.17) is 23.2 Å². The number of hydrogen-bond acceptors (Lipinski definition) is 3. The molecule has 138 valence electrons. The van der Waals surface area contributed by atoms with Gasteiger partial charge in [-0.05, 0) is 48.4 Å². The first-order valence-corrected chi connectivity index (χ1v) is 8.88. The van der Waals surface area contributed by atoms with Gasteiger partial charge in [0.15, 0.2) is 0 Å². The van der Waals surface area contributed by atoms with Crippen LogP contribution in [-0.4, -0.2) is 32.5 Å². The molecule has 2 N–H and O–H groups in total. The zero-order valence-corrected chi connectivity index (χ0v) is 16.2. The molecule has 0 aliphatic heterocycles. The van der Waals surface area contributed by atoms with Crippen LogP contribution in [0, 0.1) is 0 Å². The van der Waals surface area contributed by atoms with E-state index in [-0.39, 0.29) is 18.2 Å². The number of nitrogens with one attached hydrogen (secondary N) is 2. The number of hydrogen-bond donors (Lipinski definition) is 2. The molecule has 2 rings (SSSR count). The van der Waals surface area contributed by atoms with Crippen LogP contribution < -0.4 is 15.5 Å². The smallest absolute Gasteiger partial charge is 0.233 e. The normalized spacial score (nSPS) is 10.3. The Morgan fingerprint density at radius 3 is 2.31 bits per heavy atom. The maximum atomic E-state index is 11.9. The molecular weight excluding hydrogens is 373 g/mol. The Kier molecular flexibility index (Phi) is 7.30. The van der Waals surface area contributed by atoms with Crippen LogP contribution in [0.2, 0.25) is 10.0 Å². The standard InChI is InChI=1S/C19H21Cl2N3O2/c1-24(2)16-7-5-15(6-8-16)23-19(26)12-18(25)22-10-9-13-3-4-14(20)11-17(13)21/h3-8,11H,9-10,12H2,1-2H3,(H,22,25)(H,23,26). The van der Waals surface area contributed by atoms with Gasteiger partial charge in [0.05, 0.1) is 0 Å². The predicted molar refractivity (Wildman–Crippen MR) is 107 cm³/mol. The van der Waals surface area contributed by atoms with Gasteiger partial charge in [-0.3, -0.25) is 9.59 Å². The van der Waals surface area contributed by atoms with Crippen LogP contribution in [-0.2, 0) is 16.0 Å². The lowest BCUT2D eigenvalue weighted by Gasteiger charge is -2.13. The van der Waals surface area contributed by atoms with Crippen molar-refractivity contribution in [2.45, 2.75) is 12.8 Å². The third-order valence-electron chi connectivity index (χ3n) is 3.72. The molecule has 0 aliphatic carbocycles. The summed E-state index contributed by atoms with van der Waals surface area (Å²) in [5.74, 6) is -0.692. The van der Waals surface area contributed by atoms with Gasteiger partial charge in [0.2, 0.25) is 11.8 Å². The fourth-order valence-corrected chi connectivity index (χ4v) is 2.82. The van der Waals surface area contributed by atoms with E-state index in [0.717, 1.165) is 11.3 Å². The van der Waals surface area contributed by atoms with Gasteiger partial charge in [-0.25, -0.2) is 0 Å². The van der Waals surface area contributed by atoms with Gasteiger partial charge in [-0.15, -0.1) is 0 Å². The monoisotopic (exact) mass is 393 g/mol. The highest BCUT2D eigenvalue weighted by atomic mass is 35.5. The van der Waals surface area contributed by atoms with E-state index in [1.54, 1.807) is 24.3 Å². The summed E-state index contributed by atoms with van der Waals surface area (Å²) in [6.45, 7) is 0.394. The van der Waals surface area contributed by atoms with Crippen molar-refractivity contribution in [3.63, 3.8) is 0 Å². The van der Waals surface area contributed by atoms with Crippen LogP contribution in [0.1, 0.15) is 12.0 Å². The number of carbonyl (C=O) groups excluding carboxylic acids is 2. The lowest BCUT2D eigenvalue weighted by Crippen LogP contribution is -2.29.